The number of nitrogens with zero attached hydrogens (tertiary/aromatic N) is 2. The van der Waals surface area contributed by atoms with Gasteiger partial charge in [0.1, 0.15) is 5.69 Å². The second-order valence-electron chi connectivity index (χ2n) is 6.86. The molecule has 1 saturated heterocycles. The summed E-state index contributed by atoms with van der Waals surface area (Å²) >= 11 is 0. The van der Waals surface area contributed by atoms with E-state index in [1.165, 1.54) is 0 Å². The van der Waals surface area contributed by atoms with Crippen LogP contribution in [0.4, 0.5) is 16.2 Å². The predicted octanol–water partition coefficient (Wildman–Crippen LogP) is 3.68. The molecule has 148 valence electrons. The molecule has 0 atom stereocenters. The Bertz CT molecular complexity index is 797. The highest BCUT2D eigenvalue weighted by Gasteiger charge is 2.23. The van der Waals surface area contributed by atoms with Gasteiger partial charge >= 0.3 is 6.09 Å². The first kappa shape index (κ1) is 19.7. The minimum Gasteiger partial charge on any atom is -0.450 e. The Kier molecular flexibility index (Phi) is 6.47. The Balaban J connectivity index is 1.50. The van der Waals surface area contributed by atoms with Crippen LogP contribution < -0.4 is 10.6 Å². The first-order chi connectivity index (χ1) is 13.5. The number of anilines is 2. The minimum atomic E-state index is -0.244. The van der Waals surface area contributed by atoms with Crippen LogP contribution in [0.15, 0.2) is 42.6 Å². The first-order valence-corrected chi connectivity index (χ1v) is 9.57. The zero-order chi connectivity index (χ0) is 19.9. The molecular formula is C21H26N4O3. The summed E-state index contributed by atoms with van der Waals surface area (Å²) in [7, 11) is 0. The van der Waals surface area contributed by atoms with Crippen molar-refractivity contribution in [3.05, 3.63) is 53.9 Å². The van der Waals surface area contributed by atoms with Crippen molar-refractivity contribution in [2.75, 3.05) is 30.3 Å². The molecule has 2 amide bonds. The van der Waals surface area contributed by atoms with Crippen LogP contribution in [0.5, 0.6) is 0 Å². The topological polar surface area (TPSA) is 83.6 Å². The third-order valence-electron chi connectivity index (χ3n) is 4.70. The van der Waals surface area contributed by atoms with Crippen LogP contribution in [0.2, 0.25) is 0 Å². The Morgan fingerprint density at radius 1 is 1.11 bits per heavy atom. The van der Waals surface area contributed by atoms with Crippen LogP contribution in [0, 0.1) is 6.92 Å². The van der Waals surface area contributed by atoms with Gasteiger partial charge in [-0.25, -0.2) is 9.78 Å². The number of carbonyl (C=O) groups excluding carboxylic acids is 2. The molecule has 2 aromatic rings. The molecule has 0 unspecified atom stereocenters. The van der Waals surface area contributed by atoms with Gasteiger partial charge in [0.15, 0.2) is 0 Å². The van der Waals surface area contributed by atoms with Crippen molar-refractivity contribution in [3.63, 3.8) is 0 Å². The lowest BCUT2D eigenvalue weighted by molar-refractivity contribution is 0.0982. The third kappa shape index (κ3) is 5.22. The van der Waals surface area contributed by atoms with E-state index < -0.39 is 0 Å². The first-order valence-electron chi connectivity index (χ1n) is 9.57. The van der Waals surface area contributed by atoms with Crippen LogP contribution in [0.3, 0.4) is 0 Å². The monoisotopic (exact) mass is 382 g/mol. The number of benzene rings is 1. The van der Waals surface area contributed by atoms with Gasteiger partial charge < -0.3 is 20.3 Å². The molecule has 0 bridgehead atoms. The second-order valence-corrected chi connectivity index (χ2v) is 6.86. The van der Waals surface area contributed by atoms with Crippen molar-refractivity contribution in [1.82, 2.24) is 9.88 Å². The number of ether oxygens (including phenoxy) is 1. The van der Waals surface area contributed by atoms with E-state index in [0.717, 1.165) is 29.8 Å². The number of amides is 2. The zero-order valence-electron chi connectivity index (χ0n) is 16.3. The average Bonchev–Trinajstić information content (AvgIpc) is 2.71. The van der Waals surface area contributed by atoms with Gasteiger partial charge in [0.2, 0.25) is 0 Å². The molecule has 2 heterocycles. The number of piperidine rings is 1. The molecule has 1 aliphatic rings. The number of pyridine rings is 1. The molecule has 28 heavy (non-hydrogen) atoms. The van der Waals surface area contributed by atoms with Gasteiger partial charge in [0.05, 0.1) is 18.5 Å². The smallest absolute Gasteiger partial charge is 0.409 e. The largest absolute Gasteiger partial charge is 0.450 e. The van der Waals surface area contributed by atoms with Crippen molar-refractivity contribution in [3.8, 4) is 0 Å². The molecular weight excluding hydrogens is 356 g/mol. The van der Waals surface area contributed by atoms with Crippen LogP contribution in [-0.2, 0) is 4.74 Å². The Morgan fingerprint density at radius 2 is 1.79 bits per heavy atom. The maximum atomic E-state index is 12.3. The van der Waals surface area contributed by atoms with Crippen molar-refractivity contribution in [1.29, 1.82) is 0 Å². The molecule has 1 aliphatic heterocycles. The normalized spacial score (nSPS) is 14.4. The highest BCUT2D eigenvalue weighted by atomic mass is 16.6. The summed E-state index contributed by atoms with van der Waals surface area (Å²) in [6.45, 7) is 5.54. The number of aryl methyl sites for hydroxylation is 1. The molecule has 1 aromatic heterocycles. The molecule has 1 fully saturated rings. The number of aromatic nitrogens is 1. The van der Waals surface area contributed by atoms with E-state index in [-0.39, 0.29) is 18.0 Å². The SMILES string of the molecule is CCOC(=O)N1CCC(Nc2ccc(C(=O)Nc3ccc(C)cc3)nc2)CC1. The maximum Gasteiger partial charge on any atom is 0.409 e. The quantitative estimate of drug-likeness (QED) is 0.824. The van der Waals surface area contributed by atoms with Crippen molar-refractivity contribution < 1.29 is 14.3 Å². The van der Waals surface area contributed by atoms with E-state index in [0.29, 0.717) is 25.4 Å². The molecule has 0 saturated carbocycles. The maximum absolute atomic E-state index is 12.3. The Hall–Kier alpha value is -3.09. The standard InChI is InChI=1S/C21H26N4O3/c1-3-28-21(27)25-12-10-17(11-13-25)23-18-8-9-19(22-14-18)20(26)24-16-6-4-15(2)5-7-16/h4-9,14,17,23H,3,10-13H2,1-2H3,(H,24,26). The van der Waals surface area contributed by atoms with Gasteiger partial charge in [-0.15, -0.1) is 0 Å². The number of hydrogen-bond acceptors (Lipinski definition) is 5. The van der Waals surface area contributed by atoms with Crippen LogP contribution in [-0.4, -0.2) is 47.6 Å². The van der Waals surface area contributed by atoms with E-state index >= 15 is 0 Å². The van der Waals surface area contributed by atoms with Crippen LogP contribution in [0.25, 0.3) is 0 Å². The van der Waals surface area contributed by atoms with E-state index in [4.69, 9.17) is 4.74 Å². The fraction of sp³-hybridized carbons (Fsp3) is 0.381. The minimum absolute atomic E-state index is 0.238. The van der Waals surface area contributed by atoms with Crippen LogP contribution >= 0.6 is 0 Å². The summed E-state index contributed by atoms with van der Waals surface area (Å²) in [5.41, 5.74) is 3.11. The molecule has 3 rings (SSSR count). The summed E-state index contributed by atoms with van der Waals surface area (Å²) < 4.78 is 5.04. The fourth-order valence-corrected chi connectivity index (χ4v) is 3.10. The number of carbonyl (C=O) groups is 2. The molecule has 7 heteroatoms. The third-order valence-corrected chi connectivity index (χ3v) is 4.70. The lowest BCUT2D eigenvalue weighted by Gasteiger charge is -2.32. The van der Waals surface area contributed by atoms with Gasteiger partial charge in [0.25, 0.3) is 5.91 Å². The predicted molar refractivity (Wildman–Crippen MR) is 109 cm³/mol. The van der Waals surface area contributed by atoms with Crippen molar-refractivity contribution in [2.45, 2.75) is 32.7 Å². The summed E-state index contributed by atoms with van der Waals surface area (Å²) in [4.78, 5) is 30.1. The highest BCUT2D eigenvalue weighted by molar-refractivity contribution is 6.02. The number of hydrogen-bond donors (Lipinski definition) is 2. The summed E-state index contributed by atoms with van der Waals surface area (Å²) in [6, 6.07) is 11.5. The molecule has 0 aliphatic carbocycles. The van der Waals surface area contributed by atoms with E-state index in [2.05, 4.69) is 15.6 Å². The van der Waals surface area contributed by atoms with Gasteiger partial charge in [-0.3, -0.25) is 4.79 Å². The zero-order valence-corrected chi connectivity index (χ0v) is 16.3. The second kappa shape index (κ2) is 9.21. The molecule has 0 spiro atoms. The number of nitrogens with one attached hydrogen (secondary N) is 2. The average molecular weight is 382 g/mol. The molecule has 1 aromatic carbocycles. The summed E-state index contributed by atoms with van der Waals surface area (Å²) in [5, 5.41) is 6.26. The summed E-state index contributed by atoms with van der Waals surface area (Å²) in [6.07, 6.45) is 3.11. The van der Waals surface area contributed by atoms with E-state index in [1.807, 2.05) is 44.2 Å². The van der Waals surface area contributed by atoms with Gasteiger partial charge in [-0.2, -0.15) is 0 Å². The van der Waals surface area contributed by atoms with Crippen LogP contribution in [0.1, 0.15) is 35.8 Å². The molecule has 2 N–H and O–H groups in total. The Morgan fingerprint density at radius 3 is 2.39 bits per heavy atom. The van der Waals surface area contributed by atoms with Gasteiger partial charge in [0, 0.05) is 24.8 Å². The summed E-state index contributed by atoms with van der Waals surface area (Å²) in [5.74, 6) is -0.238. The highest BCUT2D eigenvalue weighted by Crippen LogP contribution is 2.17. The fourth-order valence-electron chi connectivity index (χ4n) is 3.10. The van der Waals surface area contributed by atoms with Crippen molar-refractivity contribution in [2.24, 2.45) is 0 Å². The number of rotatable bonds is 5. The van der Waals surface area contributed by atoms with Gasteiger partial charge in [-0.1, -0.05) is 17.7 Å². The number of likely N-dealkylation sites (tertiary alicyclic amines) is 1. The van der Waals surface area contributed by atoms with Gasteiger partial charge in [-0.05, 0) is 51.0 Å². The lowest BCUT2D eigenvalue weighted by atomic mass is 10.1. The lowest BCUT2D eigenvalue weighted by Crippen LogP contribution is -2.42. The molecule has 0 radical (unpaired) electrons. The molecule has 7 nitrogen and oxygen atoms in total. The Labute approximate surface area is 165 Å². The van der Waals surface area contributed by atoms with E-state index in [1.54, 1.807) is 17.2 Å². The van der Waals surface area contributed by atoms with Crippen molar-refractivity contribution >= 4 is 23.4 Å². The van der Waals surface area contributed by atoms with E-state index in [9.17, 15) is 9.59 Å².